The largest absolute Gasteiger partial charge is 0.491 e. The van der Waals surface area contributed by atoms with Crippen LogP contribution in [0, 0.1) is 0 Å². The topological polar surface area (TPSA) is 21.8 Å². The van der Waals surface area contributed by atoms with E-state index in [1.165, 1.54) is 30.0 Å². The van der Waals surface area contributed by atoms with Crippen LogP contribution in [0.25, 0.3) is 11.1 Å². The summed E-state index contributed by atoms with van der Waals surface area (Å²) in [6.07, 6.45) is 2.93. The summed E-state index contributed by atoms with van der Waals surface area (Å²) in [5, 5.41) is 1.56. The second-order valence-corrected chi connectivity index (χ2v) is 12.2. The molecule has 1 aliphatic rings. The Morgan fingerprint density at radius 2 is 1.58 bits per heavy atom. The lowest BCUT2D eigenvalue weighted by atomic mass is 10.1. The number of benzene rings is 2. The number of hydrogen-bond acceptors (Lipinski definition) is 2. The van der Waals surface area contributed by atoms with Crippen molar-refractivity contribution in [3.63, 3.8) is 0 Å². The highest BCUT2D eigenvalue weighted by Crippen LogP contribution is 2.23. The summed E-state index contributed by atoms with van der Waals surface area (Å²) in [6.45, 7) is 8.73. The van der Waals surface area contributed by atoms with Gasteiger partial charge in [0.05, 0.1) is 14.7 Å². The Hall–Kier alpha value is -1.58. The minimum absolute atomic E-state index is 0.303. The summed E-state index contributed by atoms with van der Waals surface area (Å²) in [6, 6.07) is 19.0. The van der Waals surface area contributed by atoms with E-state index in [1.54, 1.807) is 5.19 Å². The van der Waals surface area contributed by atoms with Gasteiger partial charge >= 0.3 is 0 Å². The lowest BCUT2D eigenvalue weighted by Crippen LogP contribution is -2.40. The first-order chi connectivity index (χ1) is 11.6. The van der Waals surface area contributed by atoms with Gasteiger partial charge in [0, 0.05) is 0 Å². The Morgan fingerprint density at radius 1 is 1.00 bits per heavy atom. The molecule has 128 valence electrons. The van der Waals surface area contributed by atoms with Crippen molar-refractivity contribution in [3.8, 4) is 16.9 Å². The summed E-state index contributed by atoms with van der Waals surface area (Å²) >= 11 is 0. The highest BCUT2D eigenvalue weighted by molar-refractivity contribution is 6.89. The molecule has 0 saturated carbocycles. The molecule has 3 heteroatoms. The molecule has 0 amide bonds. The molecule has 1 heterocycles. The lowest BCUT2D eigenvalue weighted by Gasteiger charge is -2.23. The molecule has 0 aromatic heterocycles. The number of hydrogen-bond donors (Lipinski definition) is 0. The number of ether oxygens (including phenoxy) is 2. The summed E-state index contributed by atoms with van der Waals surface area (Å²) in [5.41, 5.74) is 2.51. The van der Waals surface area contributed by atoms with E-state index >= 15 is 0 Å². The Labute approximate surface area is 146 Å². The second kappa shape index (κ2) is 7.54. The molecule has 2 aromatic rings. The maximum atomic E-state index is 5.70. The predicted octanol–water partition coefficient (Wildman–Crippen LogP) is 4.85. The molecule has 0 radical (unpaired) electrons. The Balaban J connectivity index is 1.66. The first-order valence-electron chi connectivity index (χ1n) is 9.04. The fourth-order valence-corrected chi connectivity index (χ4v) is 5.57. The van der Waals surface area contributed by atoms with Crippen molar-refractivity contribution >= 4 is 13.3 Å². The Morgan fingerprint density at radius 3 is 2.12 bits per heavy atom. The SMILES string of the molecule is CCCC[Si](C)(C)c1ccc(-c2ccc(OCC3CO3)cc2)cc1. The third kappa shape index (κ3) is 4.49. The van der Waals surface area contributed by atoms with E-state index in [9.17, 15) is 0 Å². The quantitative estimate of drug-likeness (QED) is 0.506. The third-order valence-electron chi connectivity index (χ3n) is 4.85. The highest BCUT2D eigenvalue weighted by Gasteiger charge is 2.23. The van der Waals surface area contributed by atoms with Gasteiger partial charge in [-0.25, -0.2) is 0 Å². The van der Waals surface area contributed by atoms with Crippen LogP contribution in [0.3, 0.4) is 0 Å². The van der Waals surface area contributed by atoms with Crippen LogP contribution in [0.1, 0.15) is 19.8 Å². The van der Waals surface area contributed by atoms with Crippen molar-refractivity contribution in [2.45, 2.75) is 45.0 Å². The summed E-state index contributed by atoms with van der Waals surface area (Å²) < 4.78 is 10.9. The molecule has 2 nitrogen and oxygen atoms in total. The predicted molar refractivity (Wildman–Crippen MR) is 104 cm³/mol. The van der Waals surface area contributed by atoms with Gasteiger partial charge < -0.3 is 9.47 Å². The zero-order valence-electron chi connectivity index (χ0n) is 15.0. The molecule has 2 aromatic carbocycles. The zero-order chi connectivity index (χ0) is 17.0. The minimum atomic E-state index is -1.28. The van der Waals surface area contributed by atoms with Gasteiger partial charge in [0.15, 0.2) is 0 Å². The van der Waals surface area contributed by atoms with Gasteiger partial charge in [-0.1, -0.05) is 80.5 Å². The van der Waals surface area contributed by atoms with Gasteiger partial charge in [0.1, 0.15) is 18.5 Å². The van der Waals surface area contributed by atoms with Crippen molar-refractivity contribution in [2.24, 2.45) is 0 Å². The van der Waals surface area contributed by atoms with Crippen LogP contribution >= 0.6 is 0 Å². The van der Waals surface area contributed by atoms with E-state index in [-0.39, 0.29) is 0 Å². The van der Waals surface area contributed by atoms with E-state index in [2.05, 4.69) is 56.4 Å². The Bertz CT molecular complexity index is 643. The van der Waals surface area contributed by atoms with Gasteiger partial charge in [-0.05, 0) is 23.3 Å². The van der Waals surface area contributed by atoms with Crippen molar-refractivity contribution < 1.29 is 9.47 Å². The van der Waals surface area contributed by atoms with Gasteiger partial charge in [-0.3, -0.25) is 0 Å². The fourth-order valence-electron chi connectivity index (χ4n) is 2.97. The molecule has 0 aliphatic carbocycles. The van der Waals surface area contributed by atoms with Gasteiger partial charge in [0.25, 0.3) is 0 Å². The average molecular weight is 341 g/mol. The summed E-state index contributed by atoms with van der Waals surface area (Å²) in [7, 11) is -1.28. The third-order valence-corrected chi connectivity index (χ3v) is 8.35. The minimum Gasteiger partial charge on any atom is -0.491 e. The van der Waals surface area contributed by atoms with Crippen molar-refractivity contribution in [2.75, 3.05) is 13.2 Å². The molecular weight excluding hydrogens is 312 g/mol. The molecule has 0 N–H and O–H groups in total. The second-order valence-electron chi connectivity index (χ2n) is 7.36. The van der Waals surface area contributed by atoms with Crippen LogP contribution in [0.4, 0.5) is 0 Å². The monoisotopic (exact) mass is 340 g/mol. The smallest absolute Gasteiger partial charge is 0.119 e. The molecule has 1 aliphatic heterocycles. The molecule has 24 heavy (non-hydrogen) atoms. The van der Waals surface area contributed by atoms with E-state index in [0.29, 0.717) is 12.7 Å². The molecule has 1 unspecified atom stereocenters. The van der Waals surface area contributed by atoms with Crippen molar-refractivity contribution in [1.82, 2.24) is 0 Å². The highest BCUT2D eigenvalue weighted by atomic mass is 28.3. The van der Waals surface area contributed by atoms with Gasteiger partial charge in [-0.15, -0.1) is 0 Å². The first kappa shape index (κ1) is 17.2. The molecule has 1 saturated heterocycles. The fraction of sp³-hybridized carbons (Fsp3) is 0.429. The summed E-state index contributed by atoms with van der Waals surface area (Å²) in [4.78, 5) is 0. The maximum absolute atomic E-state index is 5.70. The van der Waals surface area contributed by atoms with Crippen LogP contribution in [0.5, 0.6) is 5.75 Å². The molecule has 1 fully saturated rings. The van der Waals surface area contributed by atoms with Crippen LogP contribution in [0.15, 0.2) is 48.5 Å². The normalized spacial score (nSPS) is 16.9. The molecule has 1 atom stereocenters. The van der Waals surface area contributed by atoms with Crippen LogP contribution in [-0.4, -0.2) is 27.4 Å². The van der Waals surface area contributed by atoms with Crippen molar-refractivity contribution in [1.29, 1.82) is 0 Å². The van der Waals surface area contributed by atoms with Gasteiger partial charge in [0.2, 0.25) is 0 Å². The average Bonchev–Trinajstić information content (AvgIpc) is 3.43. The van der Waals surface area contributed by atoms with Gasteiger partial charge in [-0.2, -0.15) is 0 Å². The maximum Gasteiger partial charge on any atom is 0.119 e. The van der Waals surface area contributed by atoms with Crippen LogP contribution in [0.2, 0.25) is 19.1 Å². The molecular formula is C21H28O2Si. The van der Waals surface area contributed by atoms with Crippen LogP contribution < -0.4 is 9.92 Å². The van der Waals surface area contributed by atoms with E-state index in [0.717, 1.165) is 12.4 Å². The summed E-state index contributed by atoms with van der Waals surface area (Å²) in [5.74, 6) is 0.916. The zero-order valence-corrected chi connectivity index (χ0v) is 16.0. The van der Waals surface area contributed by atoms with E-state index in [4.69, 9.17) is 9.47 Å². The molecule has 3 rings (SSSR count). The van der Waals surface area contributed by atoms with E-state index < -0.39 is 8.07 Å². The first-order valence-corrected chi connectivity index (χ1v) is 12.2. The number of unbranched alkanes of at least 4 members (excludes halogenated alkanes) is 1. The lowest BCUT2D eigenvalue weighted by molar-refractivity contribution is 0.263. The molecule has 0 spiro atoms. The number of epoxide rings is 1. The van der Waals surface area contributed by atoms with E-state index in [1.807, 2.05) is 12.1 Å². The standard InChI is InChI=1S/C21H28O2Si/c1-4-5-14-24(2,3)21-12-8-18(9-13-21)17-6-10-19(11-7-17)22-15-20-16-23-20/h6-13,20H,4-5,14-16H2,1-3H3. The van der Waals surface area contributed by atoms with Crippen molar-refractivity contribution in [3.05, 3.63) is 48.5 Å². The van der Waals surface area contributed by atoms with Crippen LogP contribution in [-0.2, 0) is 4.74 Å². The Kier molecular flexibility index (Phi) is 5.42. The number of rotatable bonds is 8. The molecule has 0 bridgehead atoms.